The lowest BCUT2D eigenvalue weighted by Gasteiger charge is -2.12. The lowest BCUT2D eigenvalue weighted by atomic mass is 9.94. The van der Waals surface area contributed by atoms with Gasteiger partial charge in [-0.3, -0.25) is 15.5 Å². The molecule has 2 aromatic carbocycles. The SMILES string of the molecule is N=C(C(=O)c1c(Cl)cccc1C1CC1)c1cccnc1[NH2+]c1ccc(C(=O)O)cc1. The molecule has 0 unspecified atom stereocenters. The summed E-state index contributed by atoms with van der Waals surface area (Å²) in [6.07, 6.45) is 3.63. The number of nitrogens with two attached hydrogens (primary N) is 1. The number of nitrogens with zero attached hydrogens (tertiary/aromatic N) is 1. The number of rotatable bonds is 7. The van der Waals surface area contributed by atoms with Crippen LogP contribution in [0.5, 0.6) is 0 Å². The molecular formula is C23H19ClN3O3+. The first kappa shape index (κ1) is 19.9. The molecule has 1 aliphatic rings. The van der Waals surface area contributed by atoms with Gasteiger partial charge in [0.2, 0.25) is 11.6 Å². The van der Waals surface area contributed by atoms with Crippen LogP contribution in [-0.4, -0.2) is 27.6 Å². The van der Waals surface area contributed by atoms with E-state index in [0.29, 0.717) is 27.9 Å². The van der Waals surface area contributed by atoms with Gasteiger partial charge in [0.1, 0.15) is 11.4 Å². The van der Waals surface area contributed by atoms with Crippen LogP contribution in [0.2, 0.25) is 5.02 Å². The summed E-state index contributed by atoms with van der Waals surface area (Å²) in [6, 6.07) is 15.1. The Morgan fingerprint density at radius 2 is 1.80 bits per heavy atom. The zero-order valence-corrected chi connectivity index (χ0v) is 16.7. The Kier molecular flexibility index (Phi) is 5.44. The molecule has 0 amide bonds. The third-order valence-electron chi connectivity index (χ3n) is 5.09. The van der Waals surface area contributed by atoms with E-state index in [1.54, 1.807) is 41.8 Å². The highest BCUT2D eigenvalue weighted by molar-refractivity contribution is 6.53. The smallest absolute Gasteiger partial charge is 0.335 e. The number of Topliss-reactive ketones (excluding diaryl/α,β-unsaturated/α-hetero) is 1. The van der Waals surface area contributed by atoms with Gasteiger partial charge in [-0.2, -0.15) is 0 Å². The fourth-order valence-corrected chi connectivity index (χ4v) is 3.65. The number of nitrogens with one attached hydrogen (secondary N) is 1. The van der Waals surface area contributed by atoms with E-state index in [-0.39, 0.29) is 11.3 Å². The number of aromatic nitrogens is 1. The number of hydrogen-bond donors (Lipinski definition) is 3. The molecule has 150 valence electrons. The first-order valence-electron chi connectivity index (χ1n) is 9.51. The Labute approximate surface area is 178 Å². The molecule has 1 aromatic heterocycles. The Balaban J connectivity index is 1.64. The molecule has 0 spiro atoms. The lowest BCUT2D eigenvalue weighted by molar-refractivity contribution is -0.483. The molecule has 1 fully saturated rings. The second-order valence-electron chi connectivity index (χ2n) is 7.19. The summed E-state index contributed by atoms with van der Waals surface area (Å²) in [5.74, 6) is -0.646. The predicted molar refractivity (Wildman–Crippen MR) is 113 cm³/mol. The topological polar surface area (TPSA) is 108 Å². The summed E-state index contributed by atoms with van der Waals surface area (Å²) in [5.41, 5.74) is 2.42. The van der Waals surface area contributed by atoms with Gasteiger partial charge in [-0.05, 0) is 54.7 Å². The van der Waals surface area contributed by atoms with Crippen molar-refractivity contribution in [3.8, 4) is 0 Å². The lowest BCUT2D eigenvalue weighted by Crippen LogP contribution is -2.72. The van der Waals surface area contributed by atoms with E-state index in [1.807, 2.05) is 12.1 Å². The predicted octanol–water partition coefficient (Wildman–Crippen LogP) is 4.09. The fraction of sp³-hybridized carbons (Fsp3) is 0.130. The number of carboxylic acids is 1. The number of carbonyl (C=O) groups excluding carboxylic acids is 1. The van der Waals surface area contributed by atoms with Crippen LogP contribution in [-0.2, 0) is 0 Å². The van der Waals surface area contributed by atoms with Crippen LogP contribution in [0.3, 0.4) is 0 Å². The third-order valence-corrected chi connectivity index (χ3v) is 5.40. The van der Waals surface area contributed by atoms with Crippen molar-refractivity contribution in [3.63, 3.8) is 0 Å². The number of quaternary nitrogens is 1. The second-order valence-corrected chi connectivity index (χ2v) is 7.60. The molecule has 0 bridgehead atoms. The van der Waals surface area contributed by atoms with Crippen LogP contribution in [0, 0.1) is 5.41 Å². The maximum atomic E-state index is 13.2. The van der Waals surface area contributed by atoms with E-state index < -0.39 is 11.8 Å². The summed E-state index contributed by atoms with van der Waals surface area (Å²) in [6.45, 7) is 0. The first-order valence-corrected chi connectivity index (χ1v) is 9.88. The maximum absolute atomic E-state index is 13.2. The normalized spacial score (nSPS) is 13.1. The Morgan fingerprint density at radius 1 is 1.07 bits per heavy atom. The van der Waals surface area contributed by atoms with Gasteiger partial charge in [0.25, 0.3) is 0 Å². The van der Waals surface area contributed by atoms with Gasteiger partial charge in [-0.15, -0.1) is 0 Å². The third kappa shape index (κ3) is 4.01. The zero-order chi connectivity index (χ0) is 21.3. The highest BCUT2D eigenvalue weighted by atomic mass is 35.5. The number of aromatic carboxylic acids is 1. The monoisotopic (exact) mass is 420 g/mol. The Bertz CT molecular complexity index is 1150. The minimum atomic E-state index is -1.00. The van der Waals surface area contributed by atoms with E-state index in [0.717, 1.165) is 24.1 Å². The summed E-state index contributed by atoms with van der Waals surface area (Å²) in [4.78, 5) is 28.6. The highest BCUT2D eigenvalue weighted by Gasteiger charge is 2.31. The van der Waals surface area contributed by atoms with Gasteiger partial charge < -0.3 is 5.11 Å². The van der Waals surface area contributed by atoms with Crippen LogP contribution >= 0.6 is 11.6 Å². The van der Waals surface area contributed by atoms with Crippen molar-refractivity contribution in [2.24, 2.45) is 0 Å². The van der Waals surface area contributed by atoms with Gasteiger partial charge in [0.05, 0.1) is 16.1 Å². The van der Waals surface area contributed by atoms with E-state index in [4.69, 9.17) is 22.1 Å². The molecule has 4 N–H and O–H groups in total. The molecule has 0 radical (unpaired) electrons. The Morgan fingerprint density at radius 3 is 2.47 bits per heavy atom. The maximum Gasteiger partial charge on any atom is 0.335 e. The van der Waals surface area contributed by atoms with Crippen LogP contribution in [0.4, 0.5) is 11.5 Å². The minimum Gasteiger partial charge on any atom is -0.478 e. The highest BCUT2D eigenvalue weighted by Crippen LogP contribution is 2.43. The van der Waals surface area contributed by atoms with Crippen molar-refractivity contribution >= 4 is 40.6 Å². The van der Waals surface area contributed by atoms with Crippen LogP contribution in [0.25, 0.3) is 0 Å². The van der Waals surface area contributed by atoms with E-state index in [2.05, 4.69) is 4.98 Å². The first-order chi connectivity index (χ1) is 14.5. The van der Waals surface area contributed by atoms with Crippen LogP contribution in [0.1, 0.15) is 50.6 Å². The largest absolute Gasteiger partial charge is 0.478 e. The molecule has 1 heterocycles. The fourth-order valence-electron chi connectivity index (χ4n) is 3.39. The number of carboxylic acid groups (broad SMARTS) is 1. The number of ketones is 1. The Hall–Kier alpha value is -3.35. The van der Waals surface area contributed by atoms with Gasteiger partial charge in [0, 0.05) is 23.9 Å². The molecule has 6 nitrogen and oxygen atoms in total. The van der Waals surface area contributed by atoms with Crippen molar-refractivity contribution < 1.29 is 20.0 Å². The van der Waals surface area contributed by atoms with Crippen molar-refractivity contribution in [3.05, 3.63) is 88.1 Å². The van der Waals surface area contributed by atoms with Crippen molar-refractivity contribution in [2.45, 2.75) is 18.8 Å². The van der Waals surface area contributed by atoms with Gasteiger partial charge in [0.15, 0.2) is 0 Å². The standard InChI is InChI=1S/C23H18ClN3O3/c24-18-5-1-3-16(13-6-7-13)19(18)21(28)20(25)17-4-2-12-26-22(17)27-15-10-8-14(9-11-15)23(29)30/h1-5,8-13,25H,6-7H2,(H,26,27)(H,29,30)/p+1. The van der Waals surface area contributed by atoms with Crippen LogP contribution in [0.15, 0.2) is 60.8 Å². The summed E-state index contributed by atoms with van der Waals surface area (Å²) < 4.78 is 0. The molecule has 0 saturated heterocycles. The van der Waals surface area contributed by atoms with E-state index in [1.165, 1.54) is 12.1 Å². The van der Waals surface area contributed by atoms with Crippen molar-refractivity contribution in [1.29, 1.82) is 5.41 Å². The molecule has 4 rings (SSSR count). The minimum absolute atomic E-state index is 0.175. The number of benzene rings is 2. The average Bonchev–Trinajstić information content (AvgIpc) is 3.59. The molecule has 0 aliphatic heterocycles. The van der Waals surface area contributed by atoms with Gasteiger partial charge in [-0.25, -0.2) is 9.78 Å². The average molecular weight is 421 g/mol. The van der Waals surface area contributed by atoms with Crippen molar-refractivity contribution in [1.82, 2.24) is 4.98 Å². The summed E-state index contributed by atoms with van der Waals surface area (Å²) >= 11 is 6.35. The second kappa shape index (κ2) is 8.18. The molecule has 7 heteroatoms. The number of pyridine rings is 1. The van der Waals surface area contributed by atoms with Crippen molar-refractivity contribution in [2.75, 3.05) is 0 Å². The quantitative estimate of drug-likeness (QED) is 0.304. The summed E-state index contributed by atoms with van der Waals surface area (Å²) in [7, 11) is 0. The number of carbonyl (C=O) groups is 2. The zero-order valence-electron chi connectivity index (χ0n) is 15.9. The molecular weight excluding hydrogens is 402 g/mol. The van der Waals surface area contributed by atoms with Crippen LogP contribution < -0.4 is 5.32 Å². The molecule has 0 atom stereocenters. The summed E-state index contributed by atoms with van der Waals surface area (Å²) in [5, 5.41) is 19.7. The van der Waals surface area contributed by atoms with E-state index >= 15 is 0 Å². The number of halogens is 1. The van der Waals surface area contributed by atoms with Gasteiger partial charge in [-0.1, -0.05) is 23.7 Å². The molecule has 3 aromatic rings. The molecule has 1 saturated carbocycles. The van der Waals surface area contributed by atoms with E-state index in [9.17, 15) is 9.59 Å². The number of hydrogen-bond acceptors (Lipinski definition) is 4. The molecule has 1 aliphatic carbocycles. The molecule has 30 heavy (non-hydrogen) atoms. The van der Waals surface area contributed by atoms with Gasteiger partial charge >= 0.3 is 5.97 Å².